The van der Waals surface area contributed by atoms with E-state index < -0.39 is 27.9 Å². The lowest BCUT2D eigenvalue weighted by atomic mass is 10.1. The molecule has 0 bridgehead atoms. The second-order valence-corrected chi connectivity index (χ2v) is 6.19. The van der Waals surface area contributed by atoms with Gasteiger partial charge in [0.2, 0.25) is 15.9 Å². The highest BCUT2D eigenvalue weighted by molar-refractivity contribution is 7.89. The Morgan fingerprint density at radius 2 is 2.00 bits per heavy atom. The van der Waals surface area contributed by atoms with Crippen molar-refractivity contribution in [3.05, 3.63) is 29.8 Å². The molecule has 0 aromatic heterocycles. The van der Waals surface area contributed by atoms with E-state index in [1.165, 1.54) is 29.2 Å². The lowest BCUT2D eigenvalue weighted by Crippen LogP contribution is -2.43. The molecule has 108 valence electrons. The van der Waals surface area contributed by atoms with Crippen molar-refractivity contribution in [1.82, 2.24) is 4.90 Å². The van der Waals surface area contributed by atoms with Gasteiger partial charge in [-0.1, -0.05) is 6.07 Å². The Morgan fingerprint density at radius 3 is 2.60 bits per heavy atom. The van der Waals surface area contributed by atoms with Gasteiger partial charge in [-0.3, -0.25) is 9.59 Å². The molecule has 1 saturated heterocycles. The Labute approximate surface area is 116 Å². The summed E-state index contributed by atoms with van der Waals surface area (Å²) >= 11 is 0. The zero-order chi connectivity index (χ0) is 14.9. The smallest absolute Gasteiger partial charge is 0.254 e. The first-order valence-corrected chi connectivity index (χ1v) is 7.58. The quantitative estimate of drug-likeness (QED) is 0.774. The number of primary amides is 1. The van der Waals surface area contributed by atoms with Gasteiger partial charge in [0.25, 0.3) is 5.91 Å². The molecular weight excluding hydrogens is 282 g/mol. The molecule has 2 amide bonds. The number of primary sulfonamides is 1. The SMILES string of the molecule is NC(=O)[C@H]1CCCN1C(=O)c1cccc(S(N)(=O)=O)c1. The van der Waals surface area contributed by atoms with Crippen molar-refractivity contribution in [2.45, 2.75) is 23.8 Å². The predicted octanol–water partition coefficient (Wildman–Crippen LogP) is -0.576. The molecule has 1 aromatic rings. The Balaban J connectivity index is 2.32. The normalized spacial score (nSPS) is 19.1. The van der Waals surface area contributed by atoms with Crippen LogP contribution in [0.15, 0.2) is 29.2 Å². The zero-order valence-electron chi connectivity index (χ0n) is 10.7. The number of carbonyl (C=O) groups is 2. The molecule has 4 N–H and O–H groups in total. The van der Waals surface area contributed by atoms with Crippen molar-refractivity contribution in [2.24, 2.45) is 10.9 Å². The minimum absolute atomic E-state index is 0.141. The minimum Gasteiger partial charge on any atom is -0.368 e. The summed E-state index contributed by atoms with van der Waals surface area (Å²) in [6.07, 6.45) is 1.21. The van der Waals surface area contributed by atoms with Crippen LogP contribution in [0.4, 0.5) is 0 Å². The maximum atomic E-state index is 12.3. The van der Waals surface area contributed by atoms with Crippen LogP contribution in [0, 0.1) is 0 Å². The van der Waals surface area contributed by atoms with Crippen LogP contribution in [-0.2, 0) is 14.8 Å². The molecule has 0 radical (unpaired) electrons. The van der Waals surface area contributed by atoms with Gasteiger partial charge in [-0.05, 0) is 31.0 Å². The topological polar surface area (TPSA) is 124 Å². The molecule has 1 heterocycles. The second kappa shape index (κ2) is 5.22. The third-order valence-corrected chi connectivity index (χ3v) is 4.16. The van der Waals surface area contributed by atoms with Crippen LogP contribution < -0.4 is 10.9 Å². The summed E-state index contributed by atoms with van der Waals surface area (Å²) in [5.74, 6) is -0.977. The van der Waals surface area contributed by atoms with Crippen LogP contribution in [0.2, 0.25) is 0 Å². The number of benzene rings is 1. The Morgan fingerprint density at radius 1 is 1.30 bits per heavy atom. The van der Waals surface area contributed by atoms with E-state index >= 15 is 0 Å². The molecule has 1 aliphatic heterocycles. The molecule has 0 spiro atoms. The average molecular weight is 297 g/mol. The van der Waals surface area contributed by atoms with Gasteiger partial charge < -0.3 is 10.6 Å². The first-order chi connectivity index (χ1) is 9.30. The van der Waals surface area contributed by atoms with E-state index in [0.29, 0.717) is 19.4 Å². The Hall–Kier alpha value is -1.93. The molecule has 0 aliphatic carbocycles. The third-order valence-electron chi connectivity index (χ3n) is 3.25. The van der Waals surface area contributed by atoms with Gasteiger partial charge in [0.1, 0.15) is 6.04 Å². The molecule has 2 rings (SSSR count). The number of nitrogens with two attached hydrogens (primary N) is 2. The van der Waals surface area contributed by atoms with Crippen LogP contribution in [-0.4, -0.2) is 37.7 Å². The van der Waals surface area contributed by atoms with Crippen molar-refractivity contribution in [3.8, 4) is 0 Å². The maximum absolute atomic E-state index is 12.3. The Kier molecular flexibility index (Phi) is 3.78. The Bertz CT molecular complexity index is 656. The largest absolute Gasteiger partial charge is 0.368 e. The number of hydrogen-bond acceptors (Lipinski definition) is 4. The molecule has 8 heteroatoms. The summed E-state index contributed by atoms with van der Waals surface area (Å²) in [4.78, 5) is 24.8. The van der Waals surface area contributed by atoms with Gasteiger partial charge in [-0.15, -0.1) is 0 Å². The number of nitrogens with zero attached hydrogens (tertiary/aromatic N) is 1. The van der Waals surface area contributed by atoms with E-state index in [1.54, 1.807) is 0 Å². The predicted molar refractivity (Wildman–Crippen MR) is 71.1 cm³/mol. The van der Waals surface area contributed by atoms with Crippen molar-refractivity contribution in [3.63, 3.8) is 0 Å². The van der Waals surface area contributed by atoms with Crippen LogP contribution in [0.1, 0.15) is 23.2 Å². The van der Waals surface area contributed by atoms with E-state index in [2.05, 4.69) is 0 Å². The minimum atomic E-state index is -3.87. The third kappa shape index (κ3) is 2.81. The molecule has 0 unspecified atom stereocenters. The van der Waals surface area contributed by atoms with Crippen molar-refractivity contribution in [1.29, 1.82) is 0 Å². The highest BCUT2D eigenvalue weighted by Gasteiger charge is 2.33. The van der Waals surface area contributed by atoms with Crippen LogP contribution in [0.25, 0.3) is 0 Å². The fourth-order valence-electron chi connectivity index (χ4n) is 2.28. The van der Waals surface area contributed by atoms with Crippen LogP contribution >= 0.6 is 0 Å². The highest BCUT2D eigenvalue weighted by atomic mass is 32.2. The lowest BCUT2D eigenvalue weighted by molar-refractivity contribution is -0.121. The summed E-state index contributed by atoms with van der Waals surface area (Å²) in [6, 6.07) is 4.78. The second-order valence-electron chi connectivity index (χ2n) is 4.63. The fraction of sp³-hybridized carbons (Fsp3) is 0.333. The summed E-state index contributed by atoms with van der Waals surface area (Å²) < 4.78 is 22.6. The molecule has 1 aromatic carbocycles. The highest BCUT2D eigenvalue weighted by Crippen LogP contribution is 2.21. The number of amides is 2. The fourth-order valence-corrected chi connectivity index (χ4v) is 2.84. The maximum Gasteiger partial charge on any atom is 0.254 e. The molecule has 0 saturated carbocycles. The van der Waals surface area contributed by atoms with E-state index in [0.717, 1.165) is 0 Å². The van der Waals surface area contributed by atoms with Crippen LogP contribution in [0.3, 0.4) is 0 Å². The molecule has 20 heavy (non-hydrogen) atoms. The standard InChI is InChI=1S/C12H15N3O4S/c13-11(16)10-5-2-6-15(10)12(17)8-3-1-4-9(7-8)20(14,18)19/h1,3-4,7,10H,2,5-6H2,(H2,13,16)(H2,14,18,19)/t10-/m1/s1. The molecule has 7 nitrogen and oxygen atoms in total. The first kappa shape index (κ1) is 14.5. The van der Waals surface area contributed by atoms with Gasteiger partial charge in [-0.25, -0.2) is 13.6 Å². The van der Waals surface area contributed by atoms with E-state index in [4.69, 9.17) is 10.9 Å². The molecular formula is C12H15N3O4S. The molecule has 1 aliphatic rings. The number of carbonyl (C=O) groups excluding carboxylic acids is 2. The van der Waals surface area contributed by atoms with Gasteiger partial charge in [-0.2, -0.15) is 0 Å². The number of sulfonamides is 1. The van der Waals surface area contributed by atoms with Crippen LogP contribution in [0.5, 0.6) is 0 Å². The summed E-state index contributed by atoms with van der Waals surface area (Å²) in [5, 5.41) is 5.03. The zero-order valence-corrected chi connectivity index (χ0v) is 11.5. The van der Waals surface area contributed by atoms with Crippen molar-refractivity contribution < 1.29 is 18.0 Å². The lowest BCUT2D eigenvalue weighted by Gasteiger charge is -2.22. The summed E-state index contributed by atoms with van der Waals surface area (Å²) in [6.45, 7) is 0.423. The van der Waals surface area contributed by atoms with Gasteiger partial charge >= 0.3 is 0 Å². The number of hydrogen-bond donors (Lipinski definition) is 2. The summed E-state index contributed by atoms with van der Waals surface area (Å²) in [5.41, 5.74) is 5.43. The summed E-state index contributed by atoms with van der Waals surface area (Å²) in [7, 11) is -3.87. The average Bonchev–Trinajstić information content (AvgIpc) is 2.86. The first-order valence-electron chi connectivity index (χ1n) is 6.04. The molecule has 1 fully saturated rings. The van der Waals surface area contributed by atoms with E-state index in [-0.39, 0.29) is 10.5 Å². The number of likely N-dealkylation sites (tertiary alicyclic amines) is 1. The van der Waals surface area contributed by atoms with Crippen molar-refractivity contribution >= 4 is 21.8 Å². The van der Waals surface area contributed by atoms with Gasteiger partial charge in [0.05, 0.1) is 4.90 Å². The van der Waals surface area contributed by atoms with Gasteiger partial charge in [0, 0.05) is 12.1 Å². The van der Waals surface area contributed by atoms with E-state index in [9.17, 15) is 18.0 Å². The molecule has 1 atom stereocenters. The van der Waals surface area contributed by atoms with E-state index in [1.807, 2.05) is 0 Å². The number of rotatable bonds is 3. The van der Waals surface area contributed by atoms with Gasteiger partial charge in [0.15, 0.2) is 0 Å². The van der Waals surface area contributed by atoms with Crippen molar-refractivity contribution in [2.75, 3.05) is 6.54 Å². The monoisotopic (exact) mass is 297 g/mol.